The quantitative estimate of drug-likeness (QED) is 0.828. The van der Waals surface area contributed by atoms with E-state index >= 15 is 0 Å². The number of rotatable bonds is 2. The number of halogens is 1. The third-order valence-corrected chi connectivity index (χ3v) is 4.00. The van der Waals surface area contributed by atoms with Gasteiger partial charge in [0.15, 0.2) is 0 Å². The highest BCUT2D eigenvalue weighted by Gasteiger charge is 2.32. The van der Waals surface area contributed by atoms with Crippen LogP contribution >= 0.6 is 15.9 Å². The van der Waals surface area contributed by atoms with Crippen molar-refractivity contribution < 1.29 is 9.59 Å². The van der Waals surface area contributed by atoms with Gasteiger partial charge in [-0.05, 0) is 42.8 Å². The summed E-state index contributed by atoms with van der Waals surface area (Å²) in [6.45, 7) is 1.06. The second kappa shape index (κ2) is 6.27. The molecule has 0 spiro atoms. The van der Waals surface area contributed by atoms with Crippen molar-refractivity contribution in [2.45, 2.75) is 6.42 Å². The molecule has 2 heterocycles. The van der Waals surface area contributed by atoms with E-state index in [0.717, 1.165) is 10.9 Å². The van der Waals surface area contributed by atoms with E-state index in [1.54, 1.807) is 36.5 Å². The molecule has 6 heteroatoms. The number of carbonyl (C=O) groups excluding carboxylic acids is 2. The number of aromatic nitrogens is 1. The van der Waals surface area contributed by atoms with Crippen molar-refractivity contribution in [2.75, 3.05) is 13.1 Å². The van der Waals surface area contributed by atoms with Gasteiger partial charge in [0.05, 0.1) is 0 Å². The average molecular weight is 360 g/mol. The van der Waals surface area contributed by atoms with Crippen molar-refractivity contribution in [2.24, 2.45) is 0 Å². The van der Waals surface area contributed by atoms with E-state index in [-0.39, 0.29) is 11.8 Å². The number of benzene rings is 1. The second-order valence-electron chi connectivity index (χ2n) is 4.93. The maximum atomic E-state index is 12.6. The minimum absolute atomic E-state index is 0.172. The lowest BCUT2D eigenvalue weighted by Crippen LogP contribution is -2.45. The third kappa shape index (κ3) is 2.87. The van der Waals surface area contributed by atoms with E-state index in [1.807, 2.05) is 12.1 Å². The van der Waals surface area contributed by atoms with Crippen LogP contribution in [0.15, 0.2) is 53.1 Å². The number of pyridine rings is 1. The normalized spacial score (nSPS) is 14.2. The van der Waals surface area contributed by atoms with Gasteiger partial charge in [-0.1, -0.05) is 22.0 Å². The molecule has 0 saturated carbocycles. The molecule has 1 aliphatic heterocycles. The van der Waals surface area contributed by atoms with Crippen LogP contribution in [0.4, 0.5) is 0 Å². The Bertz CT molecular complexity index is 688. The average Bonchev–Trinajstić information content (AvgIpc) is 3.04. The molecule has 2 amide bonds. The third-order valence-electron chi connectivity index (χ3n) is 3.48. The van der Waals surface area contributed by atoms with Gasteiger partial charge in [-0.25, -0.2) is 10.0 Å². The van der Waals surface area contributed by atoms with Gasteiger partial charge in [-0.2, -0.15) is 0 Å². The number of hydrogen-bond donors (Lipinski definition) is 0. The minimum Gasteiger partial charge on any atom is -0.267 e. The lowest BCUT2D eigenvalue weighted by molar-refractivity contribution is 0.0182. The van der Waals surface area contributed by atoms with E-state index in [9.17, 15) is 9.59 Å². The minimum atomic E-state index is -0.247. The van der Waals surface area contributed by atoms with Crippen molar-refractivity contribution in [1.82, 2.24) is 15.0 Å². The first-order valence-electron chi connectivity index (χ1n) is 6.97. The molecule has 1 aliphatic rings. The van der Waals surface area contributed by atoms with E-state index < -0.39 is 0 Å². The number of hydrogen-bond acceptors (Lipinski definition) is 3. The molecule has 1 fully saturated rings. The predicted octanol–water partition coefficient (Wildman–Crippen LogP) is 2.75. The van der Waals surface area contributed by atoms with Crippen LogP contribution in [-0.4, -0.2) is 39.9 Å². The lowest BCUT2D eigenvalue weighted by Gasteiger charge is -2.27. The van der Waals surface area contributed by atoms with Crippen molar-refractivity contribution in [1.29, 1.82) is 0 Å². The fourth-order valence-electron chi connectivity index (χ4n) is 2.40. The Morgan fingerprint density at radius 3 is 2.27 bits per heavy atom. The van der Waals surface area contributed by atoms with Crippen LogP contribution in [0.25, 0.3) is 0 Å². The van der Waals surface area contributed by atoms with Gasteiger partial charge in [0.2, 0.25) is 0 Å². The molecule has 1 saturated heterocycles. The van der Waals surface area contributed by atoms with Crippen molar-refractivity contribution >= 4 is 27.7 Å². The van der Waals surface area contributed by atoms with Crippen LogP contribution in [0.3, 0.4) is 0 Å². The Labute approximate surface area is 136 Å². The van der Waals surface area contributed by atoms with E-state index in [2.05, 4.69) is 20.9 Å². The Morgan fingerprint density at radius 2 is 1.64 bits per heavy atom. The van der Waals surface area contributed by atoms with Crippen LogP contribution in [0, 0.1) is 0 Å². The second-order valence-corrected chi connectivity index (χ2v) is 5.85. The Balaban J connectivity index is 1.82. The summed E-state index contributed by atoms with van der Waals surface area (Å²) in [6.07, 6.45) is 2.34. The maximum Gasteiger partial charge on any atom is 0.291 e. The van der Waals surface area contributed by atoms with Gasteiger partial charge >= 0.3 is 0 Å². The van der Waals surface area contributed by atoms with Gasteiger partial charge in [0.1, 0.15) is 5.69 Å². The molecule has 0 bridgehead atoms. The van der Waals surface area contributed by atoms with Gasteiger partial charge in [-0.3, -0.25) is 14.6 Å². The standard InChI is InChI=1S/C16H14BrN3O2/c17-13-7-5-12(6-8-13)15(21)19-10-3-11-20(19)16(22)14-4-1-2-9-18-14/h1-2,4-9H,3,10-11H2. The molecule has 2 aromatic rings. The molecular weight excluding hydrogens is 346 g/mol. The molecule has 3 rings (SSSR count). The molecule has 5 nitrogen and oxygen atoms in total. The zero-order chi connectivity index (χ0) is 15.5. The van der Waals surface area contributed by atoms with Crippen LogP contribution in [0.2, 0.25) is 0 Å². The van der Waals surface area contributed by atoms with Crippen LogP contribution < -0.4 is 0 Å². The summed E-state index contributed by atoms with van der Waals surface area (Å²) in [6, 6.07) is 12.3. The Kier molecular flexibility index (Phi) is 4.20. The monoisotopic (exact) mass is 359 g/mol. The van der Waals surface area contributed by atoms with E-state index in [4.69, 9.17) is 0 Å². The van der Waals surface area contributed by atoms with Crippen LogP contribution in [0.5, 0.6) is 0 Å². The maximum absolute atomic E-state index is 12.6. The molecular formula is C16H14BrN3O2. The highest BCUT2D eigenvalue weighted by Crippen LogP contribution is 2.19. The van der Waals surface area contributed by atoms with Gasteiger partial charge in [0.25, 0.3) is 11.8 Å². The van der Waals surface area contributed by atoms with Gasteiger partial charge in [-0.15, -0.1) is 0 Å². The first-order chi connectivity index (χ1) is 10.7. The first kappa shape index (κ1) is 14.7. The number of carbonyl (C=O) groups is 2. The summed E-state index contributed by atoms with van der Waals surface area (Å²) >= 11 is 3.35. The Morgan fingerprint density at radius 1 is 0.955 bits per heavy atom. The summed E-state index contributed by atoms with van der Waals surface area (Å²) in [5, 5.41) is 2.98. The number of hydrazine groups is 1. The summed E-state index contributed by atoms with van der Waals surface area (Å²) < 4.78 is 0.909. The number of amides is 2. The van der Waals surface area contributed by atoms with E-state index in [1.165, 1.54) is 10.0 Å². The van der Waals surface area contributed by atoms with E-state index in [0.29, 0.717) is 24.3 Å². The molecule has 1 aromatic carbocycles. The SMILES string of the molecule is O=C(c1ccc(Br)cc1)N1CCCN1C(=O)c1ccccn1. The molecule has 112 valence electrons. The smallest absolute Gasteiger partial charge is 0.267 e. The first-order valence-corrected chi connectivity index (χ1v) is 7.76. The highest BCUT2D eigenvalue weighted by molar-refractivity contribution is 9.10. The number of nitrogens with zero attached hydrogens (tertiary/aromatic N) is 3. The fourth-order valence-corrected chi connectivity index (χ4v) is 2.66. The topological polar surface area (TPSA) is 53.5 Å². The molecule has 1 aromatic heterocycles. The highest BCUT2D eigenvalue weighted by atomic mass is 79.9. The predicted molar refractivity (Wildman–Crippen MR) is 85.1 cm³/mol. The van der Waals surface area contributed by atoms with Gasteiger partial charge in [0, 0.05) is 29.3 Å². The zero-order valence-corrected chi connectivity index (χ0v) is 13.4. The van der Waals surface area contributed by atoms with Crippen LogP contribution in [0.1, 0.15) is 27.3 Å². The van der Waals surface area contributed by atoms with Gasteiger partial charge < -0.3 is 0 Å². The lowest BCUT2D eigenvalue weighted by atomic mass is 10.2. The molecule has 0 unspecified atom stereocenters. The van der Waals surface area contributed by atoms with Crippen LogP contribution in [-0.2, 0) is 0 Å². The summed E-state index contributed by atoms with van der Waals surface area (Å²) in [5.41, 5.74) is 0.905. The molecule has 22 heavy (non-hydrogen) atoms. The fraction of sp³-hybridized carbons (Fsp3) is 0.188. The Hall–Kier alpha value is -2.21. The van der Waals surface area contributed by atoms with Crippen molar-refractivity contribution in [3.05, 3.63) is 64.4 Å². The van der Waals surface area contributed by atoms with Crippen molar-refractivity contribution in [3.8, 4) is 0 Å². The largest absolute Gasteiger partial charge is 0.291 e. The van der Waals surface area contributed by atoms with Crippen molar-refractivity contribution in [3.63, 3.8) is 0 Å². The summed E-state index contributed by atoms with van der Waals surface area (Å²) in [7, 11) is 0. The molecule has 0 atom stereocenters. The zero-order valence-electron chi connectivity index (χ0n) is 11.8. The summed E-state index contributed by atoms with van der Waals surface area (Å²) in [4.78, 5) is 29.2. The summed E-state index contributed by atoms with van der Waals surface area (Å²) in [5.74, 6) is -0.419. The molecule has 0 aliphatic carbocycles. The molecule has 0 radical (unpaired) electrons. The molecule has 0 N–H and O–H groups in total.